The van der Waals surface area contributed by atoms with Crippen molar-refractivity contribution < 1.29 is 9.84 Å². The Bertz CT molecular complexity index is 607. The number of nitrogens with one attached hydrogen (secondary N) is 1. The number of fused-ring (bicyclic) bond motifs is 1. The van der Waals surface area contributed by atoms with Crippen LogP contribution in [0.4, 0.5) is 0 Å². The molecule has 0 aliphatic heterocycles. The van der Waals surface area contributed by atoms with E-state index in [1.807, 2.05) is 24.3 Å². The molecule has 1 aliphatic rings. The van der Waals surface area contributed by atoms with Crippen LogP contribution in [0, 0.1) is 0 Å². The van der Waals surface area contributed by atoms with Crippen LogP contribution >= 0.6 is 0 Å². The Balaban J connectivity index is 1.70. The first-order chi connectivity index (χ1) is 10.3. The molecule has 1 atom stereocenters. The molecule has 0 radical (unpaired) electrons. The highest BCUT2D eigenvalue weighted by Gasteiger charge is 2.20. The molecule has 3 rings (SSSR count). The van der Waals surface area contributed by atoms with E-state index in [2.05, 4.69) is 17.4 Å². The van der Waals surface area contributed by atoms with Gasteiger partial charge in [-0.25, -0.2) is 0 Å². The molecular weight excluding hydrogens is 262 g/mol. The molecule has 0 fully saturated rings. The summed E-state index contributed by atoms with van der Waals surface area (Å²) in [4.78, 5) is 0. The van der Waals surface area contributed by atoms with Crippen molar-refractivity contribution in [3.63, 3.8) is 0 Å². The number of ether oxygens (including phenoxy) is 1. The van der Waals surface area contributed by atoms with Crippen molar-refractivity contribution in [3.8, 4) is 11.5 Å². The zero-order valence-corrected chi connectivity index (χ0v) is 12.3. The van der Waals surface area contributed by atoms with Crippen molar-refractivity contribution in [3.05, 3.63) is 59.2 Å². The van der Waals surface area contributed by atoms with Gasteiger partial charge in [-0.05, 0) is 60.2 Å². The number of aryl methyl sites for hydroxylation is 1. The van der Waals surface area contributed by atoms with Crippen LogP contribution in [0.3, 0.4) is 0 Å². The van der Waals surface area contributed by atoms with Gasteiger partial charge in [-0.1, -0.05) is 18.2 Å². The minimum atomic E-state index is 0.322. The van der Waals surface area contributed by atoms with E-state index in [-0.39, 0.29) is 0 Å². The number of phenolic OH excluding ortho intramolecular Hbond substituents is 1. The third-order valence-electron chi connectivity index (χ3n) is 4.16. The first-order valence-electron chi connectivity index (χ1n) is 7.44. The van der Waals surface area contributed by atoms with Crippen LogP contribution in [0.5, 0.6) is 11.5 Å². The number of benzene rings is 2. The van der Waals surface area contributed by atoms with Gasteiger partial charge < -0.3 is 15.2 Å². The Hall–Kier alpha value is -2.00. The molecule has 0 saturated heterocycles. The van der Waals surface area contributed by atoms with Crippen molar-refractivity contribution in [1.29, 1.82) is 0 Å². The molecule has 1 unspecified atom stereocenters. The quantitative estimate of drug-likeness (QED) is 0.901. The van der Waals surface area contributed by atoms with Crippen LogP contribution in [-0.4, -0.2) is 12.2 Å². The Morgan fingerprint density at radius 3 is 2.76 bits per heavy atom. The highest BCUT2D eigenvalue weighted by atomic mass is 16.5. The molecule has 2 aromatic carbocycles. The highest BCUT2D eigenvalue weighted by molar-refractivity contribution is 5.38. The average Bonchev–Trinajstić information content (AvgIpc) is 2.53. The van der Waals surface area contributed by atoms with E-state index in [4.69, 9.17) is 4.74 Å². The van der Waals surface area contributed by atoms with Crippen LogP contribution in [0.25, 0.3) is 0 Å². The third-order valence-corrected chi connectivity index (χ3v) is 4.16. The van der Waals surface area contributed by atoms with Gasteiger partial charge in [0.1, 0.15) is 11.5 Å². The third kappa shape index (κ3) is 3.19. The lowest BCUT2D eigenvalue weighted by molar-refractivity contribution is 0.414. The van der Waals surface area contributed by atoms with Crippen LogP contribution < -0.4 is 10.1 Å². The Kier molecular flexibility index (Phi) is 4.11. The summed E-state index contributed by atoms with van der Waals surface area (Å²) in [7, 11) is 1.68. The number of aromatic hydroxyl groups is 1. The fourth-order valence-corrected chi connectivity index (χ4v) is 2.98. The van der Waals surface area contributed by atoms with Gasteiger partial charge in [0.25, 0.3) is 0 Å². The Morgan fingerprint density at radius 1 is 1.19 bits per heavy atom. The van der Waals surface area contributed by atoms with E-state index < -0.39 is 0 Å². The Morgan fingerprint density at radius 2 is 2.00 bits per heavy atom. The van der Waals surface area contributed by atoms with Crippen molar-refractivity contribution >= 4 is 0 Å². The summed E-state index contributed by atoms with van der Waals surface area (Å²) in [5, 5.41) is 13.3. The first kappa shape index (κ1) is 14.0. The molecule has 0 bridgehead atoms. The fraction of sp³-hybridized carbons (Fsp3) is 0.333. The first-order valence-corrected chi connectivity index (χ1v) is 7.44. The van der Waals surface area contributed by atoms with Gasteiger partial charge in [-0.15, -0.1) is 0 Å². The average molecular weight is 283 g/mol. The van der Waals surface area contributed by atoms with E-state index in [0.29, 0.717) is 11.8 Å². The molecule has 0 spiro atoms. The van der Waals surface area contributed by atoms with Gasteiger partial charge in [0.15, 0.2) is 0 Å². The number of methoxy groups -OCH3 is 1. The summed E-state index contributed by atoms with van der Waals surface area (Å²) in [5.74, 6) is 1.23. The van der Waals surface area contributed by atoms with Gasteiger partial charge in [-0.2, -0.15) is 0 Å². The van der Waals surface area contributed by atoms with E-state index in [1.54, 1.807) is 13.2 Å². The molecule has 0 saturated carbocycles. The highest BCUT2D eigenvalue weighted by Crippen LogP contribution is 2.32. The Labute approximate surface area is 125 Å². The van der Waals surface area contributed by atoms with Crippen molar-refractivity contribution in [1.82, 2.24) is 5.32 Å². The normalized spacial score (nSPS) is 17.3. The smallest absolute Gasteiger partial charge is 0.118 e. The summed E-state index contributed by atoms with van der Waals surface area (Å²) in [6, 6.07) is 14.2. The molecular formula is C18H21NO2. The molecule has 0 aromatic heterocycles. The molecule has 1 aliphatic carbocycles. The van der Waals surface area contributed by atoms with Gasteiger partial charge in [-0.3, -0.25) is 0 Å². The second-order valence-corrected chi connectivity index (χ2v) is 5.56. The van der Waals surface area contributed by atoms with E-state index in [1.165, 1.54) is 23.1 Å². The monoisotopic (exact) mass is 283 g/mol. The lowest BCUT2D eigenvalue weighted by atomic mass is 9.87. The standard InChI is InChI=1S/C18H21NO2/c1-21-16-9-5-13(6-10-16)12-19-18-4-2-3-14-7-8-15(20)11-17(14)18/h5-11,18-20H,2-4,12H2,1H3. The molecule has 3 nitrogen and oxygen atoms in total. The molecule has 2 N–H and O–H groups in total. The van der Waals surface area contributed by atoms with E-state index in [9.17, 15) is 5.11 Å². The minimum absolute atomic E-state index is 0.322. The lowest BCUT2D eigenvalue weighted by Crippen LogP contribution is -2.24. The van der Waals surface area contributed by atoms with Crippen molar-refractivity contribution in [2.45, 2.75) is 31.8 Å². The summed E-state index contributed by atoms with van der Waals surface area (Å²) in [6.07, 6.45) is 3.42. The largest absolute Gasteiger partial charge is 0.508 e. The summed E-state index contributed by atoms with van der Waals surface area (Å²) in [5.41, 5.74) is 3.84. The van der Waals surface area contributed by atoms with Crippen LogP contribution in [0.2, 0.25) is 0 Å². The predicted molar refractivity (Wildman–Crippen MR) is 83.6 cm³/mol. The zero-order chi connectivity index (χ0) is 14.7. The van der Waals surface area contributed by atoms with Gasteiger partial charge in [0, 0.05) is 12.6 Å². The van der Waals surface area contributed by atoms with Gasteiger partial charge >= 0.3 is 0 Å². The molecule has 110 valence electrons. The molecule has 0 heterocycles. The van der Waals surface area contributed by atoms with Gasteiger partial charge in [0.2, 0.25) is 0 Å². The second kappa shape index (κ2) is 6.19. The number of hydrogen-bond donors (Lipinski definition) is 2. The molecule has 3 heteroatoms. The summed E-state index contributed by atoms with van der Waals surface area (Å²) >= 11 is 0. The second-order valence-electron chi connectivity index (χ2n) is 5.56. The van der Waals surface area contributed by atoms with E-state index in [0.717, 1.165) is 25.1 Å². The van der Waals surface area contributed by atoms with Crippen molar-refractivity contribution in [2.24, 2.45) is 0 Å². The SMILES string of the molecule is COc1ccc(CNC2CCCc3ccc(O)cc32)cc1. The fourth-order valence-electron chi connectivity index (χ4n) is 2.98. The number of hydrogen-bond acceptors (Lipinski definition) is 3. The molecule has 0 amide bonds. The molecule has 21 heavy (non-hydrogen) atoms. The lowest BCUT2D eigenvalue weighted by Gasteiger charge is -2.26. The topological polar surface area (TPSA) is 41.5 Å². The number of phenols is 1. The predicted octanol–water partition coefficient (Wildman–Crippen LogP) is 3.57. The minimum Gasteiger partial charge on any atom is -0.508 e. The maximum atomic E-state index is 9.71. The van der Waals surface area contributed by atoms with Crippen LogP contribution in [0.15, 0.2) is 42.5 Å². The summed E-state index contributed by atoms with van der Waals surface area (Å²) in [6.45, 7) is 0.823. The van der Waals surface area contributed by atoms with Gasteiger partial charge in [0.05, 0.1) is 7.11 Å². The maximum Gasteiger partial charge on any atom is 0.118 e. The summed E-state index contributed by atoms with van der Waals surface area (Å²) < 4.78 is 5.18. The zero-order valence-electron chi connectivity index (χ0n) is 12.3. The maximum absolute atomic E-state index is 9.71. The van der Waals surface area contributed by atoms with Crippen molar-refractivity contribution in [2.75, 3.05) is 7.11 Å². The molecule has 2 aromatic rings. The van der Waals surface area contributed by atoms with Crippen LogP contribution in [-0.2, 0) is 13.0 Å². The number of rotatable bonds is 4. The van der Waals surface area contributed by atoms with E-state index >= 15 is 0 Å². The van der Waals surface area contributed by atoms with Crippen LogP contribution in [0.1, 0.15) is 35.6 Å².